The van der Waals surface area contributed by atoms with Crippen LogP contribution in [0.15, 0.2) is 54.7 Å². The number of aromatic nitrogens is 2. The van der Waals surface area contributed by atoms with Gasteiger partial charge >= 0.3 is 5.97 Å². The van der Waals surface area contributed by atoms with E-state index in [0.29, 0.717) is 31.7 Å². The molecule has 3 rings (SSSR count). The van der Waals surface area contributed by atoms with Gasteiger partial charge in [0.05, 0.1) is 24.4 Å². The first-order chi connectivity index (χ1) is 14.5. The van der Waals surface area contributed by atoms with Gasteiger partial charge in [0.1, 0.15) is 0 Å². The highest BCUT2D eigenvalue weighted by Crippen LogP contribution is 2.27. The maximum atomic E-state index is 12.4. The summed E-state index contributed by atoms with van der Waals surface area (Å²) in [5.74, 6) is -0.414. The molecule has 0 bridgehead atoms. The van der Waals surface area contributed by atoms with E-state index in [2.05, 4.69) is 10.3 Å². The maximum absolute atomic E-state index is 12.4. The number of pyridine rings is 1. The summed E-state index contributed by atoms with van der Waals surface area (Å²) in [6, 6.07) is 15.6. The molecule has 0 aliphatic carbocycles. The molecule has 3 aromatic rings. The van der Waals surface area contributed by atoms with E-state index in [9.17, 15) is 9.59 Å². The molecule has 0 spiro atoms. The molecule has 1 aromatic carbocycles. The average molecular weight is 405 g/mol. The normalized spacial score (nSPS) is 10.6. The van der Waals surface area contributed by atoms with Crippen LogP contribution in [0.3, 0.4) is 0 Å². The predicted molar refractivity (Wildman–Crippen MR) is 116 cm³/mol. The minimum absolute atomic E-state index is 0.0682. The summed E-state index contributed by atoms with van der Waals surface area (Å²) in [6.07, 6.45) is 2.00. The number of rotatable bonds is 8. The lowest BCUT2D eigenvalue weighted by Crippen LogP contribution is -2.24. The summed E-state index contributed by atoms with van der Waals surface area (Å²) < 4.78 is 7.22. The number of nitrogens with zero attached hydrogens (tertiary/aromatic N) is 2. The molecule has 2 aromatic heterocycles. The third kappa shape index (κ3) is 5.14. The van der Waals surface area contributed by atoms with E-state index in [1.165, 1.54) is 0 Å². The van der Waals surface area contributed by atoms with Gasteiger partial charge in [0, 0.05) is 30.6 Å². The van der Waals surface area contributed by atoms with Crippen molar-refractivity contribution in [3.8, 4) is 11.3 Å². The Hall–Kier alpha value is -3.41. The predicted octanol–water partition coefficient (Wildman–Crippen LogP) is 4.05. The first-order valence-corrected chi connectivity index (χ1v) is 10.1. The molecular formula is C24H27N3O3. The number of hydrogen-bond acceptors (Lipinski definition) is 4. The van der Waals surface area contributed by atoms with Crippen molar-refractivity contribution in [2.24, 2.45) is 0 Å². The maximum Gasteiger partial charge on any atom is 0.339 e. The lowest BCUT2D eigenvalue weighted by atomic mass is 10.1. The number of esters is 1. The molecule has 6 heteroatoms. The number of ether oxygens (including phenoxy) is 1. The highest BCUT2D eigenvalue weighted by atomic mass is 16.5. The molecule has 0 aliphatic rings. The van der Waals surface area contributed by atoms with Crippen LogP contribution < -0.4 is 5.32 Å². The number of carbonyl (C=O) groups is 2. The third-order valence-corrected chi connectivity index (χ3v) is 4.96. The molecule has 1 amide bonds. The van der Waals surface area contributed by atoms with Crippen molar-refractivity contribution in [1.82, 2.24) is 14.9 Å². The van der Waals surface area contributed by atoms with E-state index in [4.69, 9.17) is 4.74 Å². The second-order valence-corrected chi connectivity index (χ2v) is 7.11. The van der Waals surface area contributed by atoms with E-state index in [-0.39, 0.29) is 11.9 Å². The fraction of sp³-hybridized carbons (Fsp3) is 0.292. The molecular weight excluding hydrogens is 378 g/mol. The zero-order valence-electron chi connectivity index (χ0n) is 17.6. The zero-order chi connectivity index (χ0) is 21.5. The molecule has 1 N–H and O–H groups in total. The Morgan fingerprint density at radius 3 is 2.53 bits per heavy atom. The van der Waals surface area contributed by atoms with Crippen LogP contribution in [0.5, 0.6) is 0 Å². The van der Waals surface area contributed by atoms with Gasteiger partial charge in [-0.2, -0.15) is 0 Å². The standard InChI is InChI=1S/C24H27N3O3/c1-4-30-24(29)21-15-22(19-10-8-17(2)9-11-19)27(18(21)3)14-12-23(28)26-16-20-7-5-6-13-25-20/h5-11,13,15H,4,12,14,16H2,1-3H3,(H,26,28). The number of hydrogen-bond donors (Lipinski definition) is 1. The number of aryl methyl sites for hydroxylation is 1. The second kappa shape index (κ2) is 9.87. The summed E-state index contributed by atoms with van der Waals surface area (Å²) >= 11 is 0. The molecule has 30 heavy (non-hydrogen) atoms. The van der Waals surface area contributed by atoms with Crippen LogP contribution in [0.25, 0.3) is 11.3 Å². The summed E-state index contributed by atoms with van der Waals surface area (Å²) in [6.45, 7) is 6.88. The van der Waals surface area contributed by atoms with E-state index < -0.39 is 0 Å². The van der Waals surface area contributed by atoms with Crippen LogP contribution in [0.4, 0.5) is 0 Å². The van der Waals surface area contributed by atoms with Crippen molar-refractivity contribution < 1.29 is 14.3 Å². The Labute approximate surface area is 176 Å². The number of carbonyl (C=O) groups excluding carboxylic acids is 2. The number of nitrogens with one attached hydrogen (secondary N) is 1. The van der Waals surface area contributed by atoms with E-state index in [1.54, 1.807) is 13.1 Å². The van der Waals surface area contributed by atoms with Crippen LogP contribution in [-0.2, 0) is 22.6 Å². The van der Waals surface area contributed by atoms with Gasteiger partial charge in [-0.15, -0.1) is 0 Å². The van der Waals surface area contributed by atoms with Gasteiger partial charge in [0.15, 0.2) is 0 Å². The molecule has 0 aliphatic heterocycles. The summed E-state index contributed by atoms with van der Waals surface area (Å²) in [7, 11) is 0. The Morgan fingerprint density at radius 2 is 1.87 bits per heavy atom. The van der Waals surface area contributed by atoms with Crippen LogP contribution >= 0.6 is 0 Å². The summed E-state index contributed by atoms with van der Waals surface area (Å²) in [4.78, 5) is 29.0. The van der Waals surface area contributed by atoms with E-state index >= 15 is 0 Å². The molecule has 0 unspecified atom stereocenters. The van der Waals surface area contributed by atoms with Crippen molar-refractivity contribution in [2.75, 3.05) is 6.61 Å². The minimum Gasteiger partial charge on any atom is -0.462 e. The lowest BCUT2D eigenvalue weighted by molar-refractivity contribution is -0.121. The summed E-state index contributed by atoms with van der Waals surface area (Å²) in [5, 5.41) is 2.90. The zero-order valence-corrected chi connectivity index (χ0v) is 17.6. The molecule has 0 radical (unpaired) electrons. The van der Waals surface area contributed by atoms with Gasteiger partial charge in [-0.1, -0.05) is 35.9 Å². The fourth-order valence-corrected chi connectivity index (χ4v) is 3.31. The first-order valence-electron chi connectivity index (χ1n) is 10.1. The highest BCUT2D eigenvalue weighted by Gasteiger charge is 2.20. The van der Waals surface area contributed by atoms with Gasteiger partial charge < -0.3 is 14.6 Å². The third-order valence-electron chi connectivity index (χ3n) is 4.96. The SMILES string of the molecule is CCOC(=O)c1cc(-c2ccc(C)cc2)n(CCC(=O)NCc2ccccn2)c1C. The fourth-order valence-electron chi connectivity index (χ4n) is 3.31. The minimum atomic E-state index is -0.346. The highest BCUT2D eigenvalue weighted by molar-refractivity contribution is 5.92. The van der Waals surface area contributed by atoms with Crippen molar-refractivity contribution in [3.05, 3.63) is 77.2 Å². The molecule has 156 valence electrons. The van der Waals surface area contributed by atoms with Crippen LogP contribution in [0, 0.1) is 13.8 Å². The van der Waals surface area contributed by atoms with Gasteiger partial charge in [-0.25, -0.2) is 4.79 Å². The number of amides is 1. The Morgan fingerprint density at radius 1 is 1.10 bits per heavy atom. The molecule has 0 atom stereocenters. The van der Waals surface area contributed by atoms with Crippen molar-refractivity contribution >= 4 is 11.9 Å². The van der Waals surface area contributed by atoms with Gasteiger partial charge in [-0.05, 0) is 44.5 Å². The van der Waals surface area contributed by atoms with Gasteiger partial charge in [-0.3, -0.25) is 9.78 Å². The lowest BCUT2D eigenvalue weighted by Gasteiger charge is -2.13. The van der Waals surface area contributed by atoms with Crippen LogP contribution in [-0.4, -0.2) is 28.0 Å². The van der Waals surface area contributed by atoms with Crippen LogP contribution in [0.1, 0.15) is 40.7 Å². The molecule has 2 heterocycles. The topological polar surface area (TPSA) is 73.2 Å². The Balaban J connectivity index is 1.78. The second-order valence-electron chi connectivity index (χ2n) is 7.11. The van der Waals surface area contributed by atoms with Gasteiger partial charge in [0.25, 0.3) is 0 Å². The smallest absolute Gasteiger partial charge is 0.339 e. The van der Waals surface area contributed by atoms with E-state index in [1.807, 2.05) is 66.9 Å². The van der Waals surface area contributed by atoms with Crippen LogP contribution in [0.2, 0.25) is 0 Å². The molecule has 6 nitrogen and oxygen atoms in total. The Kier molecular flexibility index (Phi) is 7.01. The monoisotopic (exact) mass is 405 g/mol. The van der Waals surface area contributed by atoms with E-state index in [0.717, 1.165) is 28.2 Å². The molecule has 0 fully saturated rings. The van der Waals surface area contributed by atoms with Crippen molar-refractivity contribution in [1.29, 1.82) is 0 Å². The molecule has 0 saturated carbocycles. The van der Waals surface area contributed by atoms with Crippen molar-refractivity contribution in [2.45, 2.75) is 40.3 Å². The largest absolute Gasteiger partial charge is 0.462 e. The number of benzene rings is 1. The molecule has 0 saturated heterocycles. The summed E-state index contributed by atoms with van der Waals surface area (Å²) in [5.41, 5.74) is 5.19. The van der Waals surface area contributed by atoms with Gasteiger partial charge in [0.2, 0.25) is 5.91 Å². The Bertz CT molecular complexity index is 1010. The first kappa shape index (κ1) is 21.3. The van der Waals surface area contributed by atoms with Crippen molar-refractivity contribution in [3.63, 3.8) is 0 Å². The average Bonchev–Trinajstić information content (AvgIpc) is 3.08. The quantitative estimate of drug-likeness (QED) is 0.574.